The molecule has 6 heteroatoms. The fourth-order valence-corrected chi connectivity index (χ4v) is 0.908. The molecule has 0 atom stereocenters. The third-order valence-corrected chi connectivity index (χ3v) is 1.56. The summed E-state index contributed by atoms with van der Waals surface area (Å²) >= 11 is 5.54. The maximum Gasteiger partial charge on any atom is 0.403 e. The average molecular weight is 186 g/mol. The summed E-state index contributed by atoms with van der Waals surface area (Å²) in [6, 6.07) is 3.76. The highest BCUT2D eigenvalue weighted by molar-refractivity contribution is 6.33. The second-order valence-electron chi connectivity index (χ2n) is 2.01. The third-order valence-electron chi connectivity index (χ3n) is 1.26. The Labute approximate surface area is 72.3 Å². The van der Waals surface area contributed by atoms with E-state index in [0.717, 1.165) is 0 Å². The number of rotatable bonds is 1. The number of halogens is 1. The van der Waals surface area contributed by atoms with Crippen LogP contribution in [0.5, 0.6) is 0 Å². The van der Waals surface area contributed by atoms with Crippen LogP contribution in [0.3, 0.4) is 0 Å². The summed E-state index contributed by atoms with van der Waals surface area (Å²) in [5, 5.41) is 16.9. The van der Waals surface area contributed by atoms with Gasteiger partial charge in [-0.2, -0.15) is 0 Å². The summed E-state index contributed by atoms with van der Waals surface area (Å²) in [5.41, 5.74) is 0.120. The second kappa shape index (κ2) is 3.15. The van der Waals surface area contributed by atoms with Crippen LogP contribution in [0, 0.1) is 10.3 Å². The van der Waals surface area contributed by atoms with Gasteiger partial charge in [-0.25, -0.2) is 5.21 Å². The highest BCUT2D eigenvalue weighted by atomic mass is 35.5. The van der Waals surface area contributed by atoms with Crippen molar-refractivity contribution in [3.8, 4) is 0 Å². The van der Waals surface area contributed by atoms with Gasteiger partial charge in [0.2, 0.25) is 5.39 Å². The zero-order valence-corrected chi connectivity index (χ0v) is 6.56. The van der Waals surface area contributed by atoms with E-state index in [2.05, 4.69) is 4.98 Å². The molecule has 0 heterocycles. The molecule has 0 amide bonds. The lowest BCUT2D eigenvalue weighted by molar-refractivity contribution is -0.729. The van der Waals surface area contributed by atoms with Gasteiger partial charge in [0.1, 0.15) is 5.02 Å². The predicted molar refractivity (Wildman–Crippen MR) is 41.3 cm³/mol. The minimum absolute atomic E-state index is 0.0209. The molecule has 60 valence electrons. The van der Waals surface area contributed by atoms with Gasteiger partial charge in [0.05, 0.1) is 4.91 Å². The lowest BCUT2D eigenvalue weighted by Gasteiger charge is -1.82. The van der Waals surface area contributed by atoms with Crippen molar-refractivity contribution in [2.24, 2.45) is 0 Å². The molecular formula is C6H4ClN3O2+2. The number of hydrogen-bond donors (Lipinski definition) is 1. The first-order chi connectivity index (χ1) is 5.65. The molecule has 0 saturated heterocycles. The Bertz CT molecular complexity index is 372. The Morgan fingerprint density at radius 1 is 1.58 bits per heavy atom. The topological polar surface area (TPSA) is 68.5 Å². The van der Waals surface area contributed by atoms with Crippen LogP contribution in [-0.2, 0) is 0 Å². The van der Waals surface area contributed by atoms with E-state index in [9.17, 15) is 4.91 Å². The standard InChI is InChI=1S/C6H4ClN3O2/c7-5-3-4(10(11)12)1-2-6(5)9-8/h1-3H,(H,11,12)/q+2. The molecule has 0 saturated carbocycles. The Kier molecular flexibility index (Phi) is 2.21. The van der Waals surface area contributed by atoms with Gasteiger partial charge in [0, 0.05) is 18.2 Å². The van der Waals surface area contributed by atoms with E-state index >= 15 is 0 Å². The van der Waals surface area contributed by atoms with Gasteiger partial charge >= 0.3 is 11.4 Å². The minimum Gasteiger partial charge on any atom is -0.241 e. The molecule has 1 aromatic carbocycles. The van der Waals surface area contributed by atoms with E-state index in [4.69, 9.17) is 22.2 Å². The highest BCUT2D eigenvalue weighted by Gasteiger charge is 2.19. The van der Waals surface area contributed by atoms with Gasteiger partial charge in [-0.3, -0.25) is 0 Å². The lowest BCUT2D eigenvalue weighted by Crippen LogP contribution is -1.90. The largest absolute Gasteiger partial charge is 0.403 e. The van der Waals surface area contributed by atoms with Gasteiger partial charge in [-0.05, 0) is 0 Å². The van der Waals surface area contributed by atoms with Crippen molar-refractivity contribution in [3.05, 3.63) is 33.1 Å². The summed E-state index contributed by atoms with van der Waals surface area (Å²) in [6.45, 7) is 0. The predicted octanol–water partition coefficient (Wildman–Crippen LogP) is 2.62. The number of benzene rings is 1. The summed E-state index contributed by atoms with van der Waals surface area (Å²) in [6.07, 6.45) is 0. The van der Waals surface area contributed by atoms with Crippen molar-refractivity contribution in [1.29, 1.82) is 5.39 Å². The van der Waals surface area contributed by atoms with Gasteiger partial charge in [0.25, 0.3) is 4.92 Å². The van der Waals surface area contributed by atoms with E-state index in [0.29, 0.717) is 0 Å². The molecule has 1 aromatic rings. The molecule has 1 N–H and O–H groups in total. The molecule has 0 bridgehead atoms. The van der Waals surface area contributed by atoms with Crippen molar-refractivity contribution in [2.45, 2.75) is 0 Å². The molecule has 0 unspecified atom stereocenters. The van der Waals surface area contributed by atoms with Crippen LogP contribution in [0.4, 0.5) is 11.4 Å². The molecule has 5 nitrogen and oxygen atoms in total. The minimum atomic E-state index is -0.326. The molecule has 0 spiro atoms. The second-order valence-corrected chi connectivity index (χ2v) is 2.42. The molecule has 0 aliphatic heterocycles. The van der Waals surface area contributed by atoms with Crippen LogP contribution >= 0.6 is 11.6 Å². The Morgan fingerprint density at radius 2 is 2.25 bits per heavy atom. The Balaban J connectivity index is 3.21. The van der Waals surface area contributed by atoms with Crippen LogP contribution in [0.25, 0.3) is 4.98 Å². The zero-order valence-electron chi connectivity index (χ0n) is 5.81. The molecule has 0 aliphatic carbocycles. The maximum absolute atomic E-state index is 10.3. The van der Waals surface area contributed by atoms with Crippen molar-refractivity contribution in [3.63, 3.8) is 0 Å². The first-order valence-electron chi connectivity index (χ1n) is 2.96. The van der Waals surface area contributed by atoms with Crippen LogP contribution < -0.4 is 0 Å². The van der Waals surface area contributed by atoms with E-state index in [1.807, 2.05) is 0 Å². The van der Waals surface area contributed by atoms with Crippen molar-refractivity contribution in [2.75, 3.05) is 0 Å². The van der Waals surface area contributed by atoms with Crippen LogP contribution in [0.15, 0.2) is 18.2 Å². The summed E-state index contributed by atoms with van der Waals surface area (Å²) in [4.78, 5) is 12.8. The van der Waals surface area contributed by atoms with Gasteiger partial charge in [-0.1, -0.05) is 11.6 Å². The van der Waals surface area contributed by atoms with Crippen LogP contribution in [0.1, 0.15) is 0 Å². The molecule has 0 fully saturated rings. The number of diazo groups is 1. The van der Waals surface area contributed by atoms with E-state index in [-0.39, 0.29) is 21.3 Å². The Hall–Kier alpha value is -1.67. The Morgan fingerprint density at radius 3 is 2.67 bits per heavy atom. The van der Waals surface area contributed by atoms with E-state index in [1.165, 1.54) is 18.2 Å². The summed E-state index contributed by atoms with van der Waals surface area (Å²) in [5.74, 6) is 0. The SMILES string of the molecule is N#[N+]c1ccc([N+](=O)O)cc1Cl. The van der Waals surface area contributed by atoms with E-state index < -0.39 is 0 Å². The molecule has 0 radical (unpaired) electrons. The van der Waals surface area contributed by atoms with Gasteiger partial charge < -0.3 is 0 Å². The first kappa shape index (κ1) is 8.43. The highest BCUT2D eigenvalue weighted by Crippen LogP contribution is 2.28. The fraction of sp³-hybridized carbons (Fsp3) is 0. The van der Waals surface area contributed by atoms with Crippen LogP contribution in [0.2, 0.25) is 5.02 Å². The number of hydrogen-bond acceptors (Lipinski definition) is 2. The quantitative estimate of drug-likeness (QED) is 0.540. The van der Waals surface area contributed by atoms with E-state index in [1.54, 1.807) is 0 Å². The molecule has 0 aromatic heterocycles. The van der Waals surface area contributed by atoms with Crippen molar-refractivity contribution in [1.82, 2.24) is 0 Å². The van der Waals surface area contributed by atoms with Gasteiger partial charge in [0.15, 0.2) is 4.98 Å². The maximum atomic E-state index is 10.3. The normalized spacial score (nSPS) is 9.00. The third kappa shape index (κ3) is 1.49. The van der Waals surface area contributed by atoms with Crippen molar-refractivity contribution >= 4 is 23.0 Å². The van der Waals surface area contributed by atoms with Gasteiger partial charge in [-0.15, -0.1) is 0 Å². The lowest BCUT2D eigenvalue weighted by atomic mass is 10.3. The zero-order chi connectivity index (χ0) is 9.14. The molecule has 1 rings (SSSR count). The van der Waals surface area contributed by atoms with Crippen LogP contribution in [-0.4, -0.2) is 10.1 Å². The average Bonchev–Trinajstić information content (AvgIpc) is 2.04. The summed E-state index contributed by atoms with van der Waals surface area (Å²) in [7, 11) is 0. The van der Waals surface area contributed by atoms with Crippen molar-refractivity contribution < 1.29 is 10.1 Å². The molecular weight excluding hydrogens is 182 g/mol. The fourth-order valence-electron chi connectivity index (χ4n) is 0.696. The summed E-state index contributed by atoms with van der Waals surface area (Å²) < 4.78 is 0. The first-order valence-corrected chi connectivity index (χ1v) is 3.33. The smallest absolute Gasteiger partial charge is 0.241 e. The molecule has 0 aliphatic rings. The monoisotopic (exact) mass is 185 g/mol. The molecule has 12 heavy (non-hydrogen) atoms. The number of nitrogens with zero attached hydrogens (tertiary/aromatic N) is 3.